The van der Waals surface area contributed by atoms with Gasteiger partial charge in [0.1, 0.15) is 0 Å². The van der Waals surface area contributed by atoms with E-state index in [9.17, 15) is 9.59 Å². The van der Waals surface area contributed by atoms with Crippen molar-refractivity contribution in [3.63, 3.8) is 0 Å². The average Bonchev–Trinajstić information content (AvgIpc) is 2.27. The monoisotopic (exact) mass is 245 g/mol. The molecule has 6 nitrogen and oxygen atoms in total. The van der Waals surface area contributed by atoms with E-state index in [-0.39, 0.29) is 11.9 Å². The lowest BCUT2D eigenvalue weighted by atomic mass is 10.2. The molecular weight excluding hydrogens is 226 g/mol. The minimum absolute atomic E-state index is 0.138. The number of aliphatic carboxylic acids is 1. The Labute approximate surface area is 101 Å². The van der Waals surface area contributed by atoms with E-state index in [2.05, 4.69) is 0 Å². The summed E-state index contributed by atoms with van der Waals surface area (Å²) in [6.45, 7) is 2.99. The van der Waals surface area contributed by atoms with Gasteiger partial charge in [0.15, 0.2) is 0 Å². The lowest BCUT2D eigenvalue weighted by Crippen LogP contribution is -2.42. The first-order chi connectivity index (χ1) is 8.02. The van der Waals surface area contributed by atoms with E-state index in [0.29, 0.717) is 19.8 Å². The summed E-state index contributed by atoms with van der Waals surface area (Å²) < 4.78 is 9.87. The fraction of sp³-hybridized carbons (Fsp3) is 0.636. The molecule has 98 valence electrons. The number of rotatable bonds is 8. The molecule has 0 aromatic rings. The smallest absolute Gasteiger partial charge is 0.328 e. The number of hydrogen-bond donors (Lipinski definition) is 1. The standard InChI is InChI=1S/C11H19NO5/c1-9(8-17-3)12(6-7-16-2)10(13)4-5-11(14)15/h4-5,9H,6-8H2,1-3H3,(H,14,15). The molecule has 0 radical (unpaired) electrons. The number of carbonyl (C=O) groups is 2. The molecule has 0 spiro atoms. The third-order valence-corrected chi connectivity index (χ3v) is 2.13. The van der Waals surface area contributed by atoms with Crippen molar-refractivity contribution in [3.8, 4) is 0 Å². The first kappa shape index (κ1) is 15.6. The molecule has 1 unspecified atom stereocenters. The Kier molecular flexibility index (Phi) is 8.00. The third-order valence-electron chi connectivity index (χ3n) is 2.13. The van der Waals surface area contributed by atoms with Gasteiger partial charge in [-0.15, -0.1) is 0 Å². The zero-order chi connectivity index (χ0) is 13.3. The second-order valence-electron chi connectivity index (χ2n) is 3.50. The van der Waals surface area contributed by atoms with E-state index >= 15 is 0 Å². The number of carbonyl (C=O) groups excluding carboxylic acids is 1. The lowest BCUT2D eigenvalue weighted by molar-refractivity contribution is -0.133. The minimum atomic E-state index is -1.15. The van der Waals surface area contributed by atoms with Gasteiger partial charge in [0.25, 0.3) is 0 Å². The fourth-order valence-electron chi connectivity index (χ4n) is 1.31. The van der Waals surface area contributed by atoms with Crippen LogP contribution in [0.25, 0.3) is 0 Å². The van der Waals surface area contributed by atoms with Crippen LogP contribution in [0, 0.1) is 0 Å². The van der Waals surface area contributed by atoms with E-state index in [4.69, 9.17) is 14.6 Å². The second kappa shape index (κ2) is 8.72. The Hall–Kier alpha value is -1.40. The molecule has 0 aliphatic rings. The predicted molar refractivity (Wildman–Crippen MR) is 61.7 cm³/mol. The Bertz CT molecular complexity index is 277. The highest BCUT2D eigenvalue weighted by atomic mass is 16.5. The van der Waals surface area contributed by atoms with Gasteiger partial charge < -0.3 is 19.5 Å². The molecule has 0 aromatic heterocycles. The summed E-state index contributed by atoms with van der Waals surface area (Å²) in [5.74, 6) is -1.52. The van der Waals surface area contributed by atoms with Gasteiger partial charge in [-0.2, -0.15) is 0 Å². The molecule has 0 aliphatic carbocycles. The number of methoxy groups -OCH3 is 2. The second-order valence-corrected chi connectivity index (χ2v) is 3.50. The summed E-state index contributed by atoms with van der Waals surface area (Å²) >= 11 is 0. The SMILES string of the molecule is COCCN(C(=O)C=CC(=O)O)C(C)COC. The van der Waals surface area contributed by atoms with Gasteiger partial charge in [-0.25, -0.2) is 4.79 Å². The van der Waals surface area contributed by atoms with Crippen LogP contribution in [0.1, 0.15) is 6.92 Å². The number of hydrogen-bond acceptors (Lipinski definition) is 4. The number of ether oxygens (including phenoxy) is 2. The van der Waals surface area contributed by atoms with Crippen molar-refractivity contribution in [2.75, 3.05) is 34.0 Å². The van der Waals surface area contributed by atoms with E-state index < -0.39 is 5.97 Å². The third kappa shape index (κ3) is 6.70. The van der Waals surface area contributed by atoms with Crippen LogP contribution in [-0.4, -0.2) is 61.9 Å². The predicted octanol–water partition coefficient (Wildman–Crippen LogP) is 0.137. The molecule has 0 bridgehead atoms. The number of carboxylic acids is 1. The van der Waals surface area contributed by atoms with Crippen LogP contribution >= 0.6 is 0 Å². The van der Waals surface area contributed by atoms with Crippen LogP contribution in [0.5, 0.6) is 0 Å². The molecule has 0 saturated heterocycles. The van der Waals surface area contributed by atoms with Crippen LogP contribution < -0.4 is 0 Å². The zero-order valence-corrected chi connectivity index (χ0v) is 10.4. The summed E-state index contributed by atoms with van der Waals surface area (Å²) in [7, 11) is 3.08. The van der Waals surface area contributed by atoms with Crippen molar-refractivity contribution in [3.05, 3.63) is 12.2 Å². The first-order valence-electron chi connectivity index (χ1n) is 5.22. The zero-order valence-electron chi connectivity index (χ0n) is 10.4. The minimum Gasteiger partial charge on any atom is -0.478 e. The van der Waals surface area contributed by atoms with Gasteiger partial charge >= 0.3 is 5.97 Å². The molecule has 6 heteroatoms. The van der Waals surface area contributed by atoms with E-state index in [1.165, 1.54) is 12.0 Å². The van der Waals surface area contributed by atoms with Crippen molar-refractivity contribution in [1.29, 1.82) is 0 Å². The van der Waals surface area contributed by atoms with Gasteiger partial charge in [0.05, 0.1) is 19.3 Å². The maximum absolute atomic E-state index is 11.7. The molecule has 1 atom stereocenters. The van der Waals surface area contributed by atoms with Gasteiger partial charge in [-0.1, -0.05) is 0 Å². The van der Waals surface area contributed by atoms with Crippen LogP contribution in [0.4, 0.5) is 0 Å². The Morgan fingerprint density at radius 1 is 1.29 bits per heavy atom. The van der Waals surface area contributed by atoms with Crippen molar-refractivity contribution in [1.82, 2.24) is 4.90 Å². The molecule has 1 N–H and O–H groups in total. The van der Waals surface area contributed by atoms with Gasteiger partial charge in [0.2, 0.25) is 5.91 Å². The van der Waals surface area contributed by atoms with Gasteiger partial charge in [-0.3, -0.25) is 4.79 Å². The van der Waals surface area contributed by atoms with Crippen molar-refractivity contribution < 1.29 is 24.2 Å². The normalized spacial score (nSPS) is 12.6. The summed E-state index contributed by atoms with van der Waals surface area (Å²) in [5, 5.41) is 8.46. The molecule has 0 rings (SSSR count). The number of amides is 1. The molecule has 0 heterocycles. The molecule has 0 aliphatic heterocycles. The van der Waals surface area contributed by atoms with Crippen LogP contribution in [0.3, 0.4) is 0 Å². The Balaban J connectivity index is 4.54. The summed E-state index contributed by atoms with van der Waals surface area (Å²) in [5.41, 5.74) is 0. The van der Waals surface area contributed by atoms with E-state index in [1.54, 1.807) is 7.11 Å². The van der Waals surface area contributed by atoms with Gasteiger partial charge in [0, 0.05) is 32.9 Å². The molecule has 1 amide bonds. The van der Waals surface area contributed by atoms with E-state index in [0.717, 1.165) is 12.2 Å². The fourth-order valence-corrected chi connectivity index (χ4v) is 1.31. The molecule has 0 aromatic carbocycles. The summed E-state index contributed by atoms with van der Waals surface area (Å²) in [6.07, 6.45) is 1.85. The van der Waals surface area contributed by atoms with Crippen LogP contribution in [-0.2, 0) is 19.1 Å². The number of carboxylic acid groups (broad SMARTS) is 1. The lowest BCUT2D eigenvalue weighted by Gasteiger charge is -2.27. The molecule has 0 fully saturated rings. The van der Waals surface area contributed by atoms with Crippen molar-refractivity contribution >= 4 is 11.9 Å². The van der Waals surface area contributed by atoms with Crippen LogP contribution in [0.15, 0.2) is 12.2 Å². The Morgan fingerprint density at radius 2 is 1.94 bits per heavy atom. The average molecular weight is 245 g/mol. The van der Waals surface area contributed by atoms with Crippen molar-refractivity contribution in [2.45, 2.75) is 13.0 Å². The van der Waals surface area contributed by atoms with E-state index in [1.807, 2.05) is 6.92 Å². The molecular formula is C11H19NO5. The maximum atomic E-state index is 11.7. The highest BCUT2D eigenvalue weighted by molar-refractivity contribution is 5.94. The highest BCUT2D eigenvalue weighted by Crippen LogP contribution is 2.01. The summed E-state index contributed by atoms with van der Waals surface area (Å²) in [6, 6.07) is -0.138. The molecule has 0 saturated carbocycles. The van der Waals surface area contributed by atoms with Crippen LogP contribution in [0.2, 0.25) is 0 Å². The van der Waals surface area contributed by atoms with Gasteiger partial charge in [-0.05, 0) is 6.92 Å². The largest absolute Gasteiger partial charge is 0.478 e. The first-order valence-corrected chi connectivity index (χ1v) is 5.22. The maximum Gasteiger partial charge on any atom is 0.328 e. The Morgan fingerprint density at radius 3 is 2.41 bits per heavy atom. The molecule has 17 heavy (non-hydrogen) atoms. The number of nitrogens with zero attached hydrogens (tertiary/aromatic N) is 1. The quantitative estimate of drug-likeness (QED) is 0.615. The summed E-state index contributed by atoms with van der Waals surface area (Å²) in [4.78, 5) is 23.6. The van der Waals surface area contributed by atoms with Crippen molar-refractivity contribution in [2.24, 2.45) is 0 Å². The highest BCUT2D eigenvalue weighted by Gasteiger charge is 2.17. The topological polar surface area (TPSA) is 76.1 Å².